The van der Waals surface area contributed by atoms with E-state index in [1.54, 1.807) is 51.1 Å². The zero-order valence-electron chi connectivity index (χ0n) is 11.3. The zero-order chi connectivity index (χ0) is 14.5. The van der Waals surface area contributed by atoms with Gasteiger partial charge in [-0.1, -0.05) is 30.3 Å². The van der Waals surface area contributed by atoms with Gasteiger partial charge in [-0.15, -0.1) is 0 Å². The molecule has 1 aromatic rings. The Bertz CT molecular complexity index is 437. The SMILES string of the molecule is CC(C)(C)OC(=O)NC[C@H](C(=O)[O-])c1ccccc1. The Balaban J connectivity index is 2.62. The van der Waals surface area contributed by atoms with Gasteiger partial charge in [0.05, 0.1) is 5.97 Å². The number of carboxylic acids is 1. The van der Waals surface area contributed by atoms with E-state index in [0.717, 1.165) is 0 Å². The molecule has 0 aliphatic carbocycles. The summed E-state index contributed by atoms with van der Waals surface area (Å²) >= 11 is 0. The van der Waals surface area contributed by atoms with Crippen molar-refractivity contribution in [1.29, 1.82) is 0 Å². The first kappa shape index (κ1) is 15.0. The molecule has 0 fully saturated rings. The summed E-state index contributed by atoms with van der Waals surface area (Å²) in [7, 11) is 0. The molecule has 5 heteroatoms. The summed E-state index contributed by atoms with van der Waals surface area (Å²) in [6, 6.07) is 8.61. The van der Waals surface area contributed by atoms with Crippen LogP contribution >= 0.6 is 0 Å². The highest BCUT2D eigenvalue weighted by atomic mass is 16.6. The van der Waals surface area contributed by atoms with Crippen molar-refractivity contribution in [1.82, 2.24) is 5.32 Å². The van der Waals surface area contributed by atoms with E-state index in [9.17, 15) is 14.7 Å². The van der Waals surface area contributed by atoms with Crippen LogP contribution in [0.1, 0.15) is 32.3 Å². The lowest BCUT2D eigenvalue weighted by Crippen LogP contribution is -2.40. The van der Waals surface area contributed by atoms with Crippen molar-refractivity contribution in [3.8, 4) is 0 Å². The summed E-state index contributed by atoms with van der Waals surface area (Å²) < 4.78 is 5.04. The Morgan fingerprint density at radius 1 is 1.26 bits per heavy atom. The van der Waals surface area contributed by atoms with Gasteiger partial charge in [0, 0.05) is 12.5 Å². The van der Waals surface area contributed by atoms with Crippen molar-refractivity contribution in [2.75, 3.05) is 6.54 Å². The number of benzene rings is 1. The van der Waals surface area contributed by atoms with Gasteiger partial charge in [-0.25, -0.2) is 4.79 Å². The quantitative estimate of drug-likeness (QED) is 0.881. The molecule has 0 radical (unpaired) electrons. The second kappa shape index (κ2) is 6.22. The van der Waals surface area contributed by atoms with Gasteiger partial charge in [-0.3, -0.25) is 0 Å². The molecule has 0 unspecified atom stereocenters. The van der Waals surface area contributed by atoms with Crippen LogP contribution in [0.3, 0.4) is 0 Å². The molecule has 0 spiro atoms. The number of carbonyl (C=O) groups is 2. The summed E-state index contributed by atoms with van der Waals surface area (Å²) in [4.78, 5) is 22.6. The Labute approximate surface area is 112 Å². The van der Waals surface area contributed by atoms with Crippen LogP contribution in [0.5, 0.6) is 0 Å². The van der Waals surface area contributed by atoms with E-state index >= 15 is 0 Å². The first-order chi connectivity index (χ1) is 8.79. The highest BCUT2D eigenvalue weighted by molar-refractivity contribution is 5.76. The van der Waals surface area contributed by atoms with E-state index in [1.807, 2.05) is 0 Å². The highest BCUT2D eigenvalue weighted by Crippen LogP contribution is 2.14. The average Bonchev–Trinajstić information content (AvgIpc) is 2.27. The van der Waals surface area contributed by atoms with E-state index in [0.29, 0.717) is 5.56 Å². The van der Waals surface area contributed by atoms with Crippen LogP contribution in [0.15, 0.2) is 30.3 Å². The normalized spacial score (nSPS) is 12.6. The molecule has 1 aromatic carbocycles. The molecule has 0 aliphatic heterocycles. The Kier molecular flexibility index (Phi) is 4.92. The van der Waals surface area contributed by atoms with Gasteiger partial charge < -0.3 is 20.0 Å². The number of rotatable bonds is 4. The zero-order valence-corrected chi connectivity index (χ0v) is 11.3. The lowest BCUT2D eigenvalue weighted by atomic mass is 9.99. The Morgan fingerprint density at radius 3 is 2.32 bits per heavy atom. The number of amides is 1. The van der Waals surface area contributed by atoms with Crippen LogP contribution in [0.4, 0.5) is 4.79 Å². The van der Waals surface area contributed by atoms with Crippen LogP contribution < -0.4 is 10.4 Å². The van der Waals surface area contributed by atoms with E-state index in [1.165, 1.54) is 0 Å². The minimum atomic E-state index is -1.23. The first-order valence-electron chi connectivity index (χ1n) is 6.02. The second-order valence-electron chi connectivity index (χ2n) is 5.17. The largest absolute Gasteiger partial charge is 0.549 e. The topological polar surface area (TPSA) is 78.5 Å². The molecule has 5 nitrogen and oxygen atoms in total. The van der Waals surface area contributed by atoms with Crippen molar-refractivity contribution >= 4 is 12.1 Å². The third-order valence-electron chi connectivity index (χ3n) is 2.34. The van der Waals surface area contributed by atoms with Crippen LogP contribution in [0, 0.1) is 0 Å². The van der Waals surface area contributed by atoms with Crippen molar-refractivity contribution in [3.05, 3.63) is 35.9 Å². The second-order valence-corrected chi connectivity index (χ2v) is 5.17. The predicted octanol–water partition coefficient (Wildman–Crippen LogP) is 1.04. The Morgan fingerprint density at radius 2 is 1.84 bits per heavy atom. The monoisotopic (exact) mass is 264 g/mol. The van der Waals surface area contributed by atoms with E-state index in [2.05, 4.69) is 5.32 Å². The lowest BCUT2D eigenvalue weighted by Gasteiger charge is -2.22. The molecular weight excluding hydrogens is 246 g/mol. The molecule has 104 valence electrons. The van der Waals surface area contributed by atoms with Crippen molar-refractivity contribution < 1.29 is 19.4 Å². The lowest BCUT2D eigenvalue weighted by molar-refractivity contribution is -0.307. The number of hydrogen-bond donors (Lipinski definition) is 1. The van der Waals surface area contributed by atoms with Crippen LogP contribution in [0.2, 0.25) is 0 Å². The van der Waals surface area contributed by atoms with E-state index < -0.39 is 23.6 Å². The molecule has 1 amide bonds. The van der Waals surface area contributed by atoms with Gasteiger partial charge in [-0.2, -0.15) is 0 Å². The summed E-state index contributed by atoms with van der Waals surface area (Å²) in [6.07, 6.45) is -0.644. The fourth-order valence-electron chi connectivity index (χ4n) is 1.52. The molecule has 0 saturated carbocycles. The minimum Gasteiger partial charge on any atom is -0.549 e. The molecule has 1 atom stereocenters. The summed E-state index contributed by atoms with van der Waals surface area (Å²) in [6.45, 7) is 5.14. The van der Waals surface area contributed by atoms with Crippen LogP contribution in [0.25, 0.3) is 0 Å². The number of carboxylic acid groups (broad SMARTS) is 1. The van der Waals surface area contributed by atoms with Crippen molar-refractivity contribution in [2.45, 2.75) is 32.3 Å². The molecule has 0 saturated heterocycles. The summed E-state index contributed by atoms with van der Waals surface area (Å²) in [5.41, 5.74) is -0.0353. The summed E-state index contributed by atoms with van der Waals surface area (Å²) in [5.74, 6) is -2.13. The molecule has 0 bridgehead atoms. The van der Waals surface area contributed by atoms with Gasteiger partial charge >= 0.3 is 6.09 Å². The third kappa shape index (κ3) is 5.42. The van der Waals surface area contributed by atoms with Crippen molar-refractivity contribution in [2.24, 2.45) is 0 Å². The fourth-order valence-corrected chi connectivity index (χ4v) is 1.52. The van der Waals surface area contributed by atoms with Gasteiger partial charge in [0.2, 0.25) is 0 Å². The third-order valence-corrected chi connectivity index (χ3v) is 2.34. The highest BCUT2D eigenvalue weighted by Gasteiger charge is 2.18. The smallest absolute Gasteiger partial charge is 0.407 e. The number of carbonyl (C=O) groups excluding carboxylic acids is 2. The maximum Gasteiger partial charge on any atom is 0.407 e. The molecule has 1 N–H and O–H groups in total. The predicted molar refractivity (Wildman–Crippen MR) is 68.4 cm³/mol. The fraction of sp³-hybridized carbons (Fsp3) is 0.429. The molecule has 0 heterocycles. The molecular formula is C14H18NO4-. The maximum absolute atomic E-state index is 11.5. The molecule has 1 rings (SSSR count). The number of hydrogen-bond acceptors (Lipinski definition) is 4. The molecule has 0 aromatic heterocycles. The van der Waals surface area contributed by atoms with Crippen molar-refractivity contribution in [3.63, 3.8) is 0 Å². The van der Waals surface area contributed by atoms with Gasteiger partial charge in [-0.05, 0) is 26.3 Å². The average molecular weight is 264 g/mol. The minimum absolute atomic E-state index is 0.0682. The van der Waals surface area contributed by atoms with Crippen LogP contribution in [-0.4, -0.2) is 24.2 Å². The first-order valence-corrected chi connectivity index (χ1v) is 6.02. The Hall–Kier alpha value is -2.04. The van der Waals surface area contributed by atoms with Crippen LogP contribution in [-0.2, 0) is 9.53 Å². The van der Waals surface area contributed by atoms with Gasteiger partial charge in [0.1, 0.15) is 5.60 Å². The van der Waals surface area contributed by atoms with Gasteiger partial charge in [0.25, 0.3) is 0 Å². The maximum atomic E-state index is 11.5. The summed E-state index contributed by atoms with van der Waals surface area (Å²) in [5, 5.41) is 13.5. The van der Waals surface area contributed by atoms with Gasteiger partial charge in [0.15, 0.2) is 0 Å². The number of alkyl carbamates (subject to hydrolysis) is 1. The standard InChI is InChI=1S/C14H19NO4/c1-14(2,3)19-13(18)15-9-11(12(16)17)10-7-5-4-6-8-10/h4-8,11H,9H2,1-3H3,(H,15,18)(H,16,17)/p-1/t11-/m0/s1. The van der Waals surface area contributed by atoms with E-state index in [4.69, 9.17) is 4.74 Å². The number of ether oxygens (including phenoxy) is 1. The molecule has 0 aliphatic rings. The number of nitrogens with one attached hydrogen (secondary N) is 1. The molecule has 19 heavy (non-hydrogen) atoms. The number of aliphatic carboxylic acids is 1. The van der Waals surface area contributed by atoms with E-state index in [-0.39, 0.29) is 6.54 Å².